The van der Waals surface area contributed by atoms with Crippen molar-refractivity contribution in [3.8, 4) is 11.5 Å². The summed E-state index contributed by atoms with van der Waals surface area (Å²) in [6, 6.07) is 11.6. The van der Waals surface area contributed by atoms with Crippen LogP contribution in [0.15, 0.2) is 36.4 Å². The van der Waals surface area contributed by atoms with Crippen molar-refractivity contribution in [1.82, 2.24) is 5.32 Å². The van der Waals surface area contributed by atoms with Crippen LogP contribution in [0.25, 0.3) is 0 Å². The van der Waals surface area contributed by atoms with Crippen LogP contribution < -0.4 is 14.8 Å². The molecule has 0 amide bonds. The van der Waals surface area contributed by atoms with Gasteiger partial charge in [0, 0.05) is 17.1 Å². The largest absolute Gasteiger partial charge is 0.496 e. The fraction of sp³-hybridized carbons (Fsp3) is 0.294. The van der Waals surface area contributed by atoms with Crippen LogP contribution in [0.5, 0.6) is 11.5 Å². The first-order chi connectivity index (χ1) is 10.7. The maximum Gasteiger partial charge on any atom is 0.142 e. The van der Waals surface area contributed by atoms with Gasteiger partial charge in [-0.3, -0.25) is 0 Å². The lowest BCUT2D eigenvalue weighted by atomic mass is 10.1. The van der Waals surface area contributed by atoms with Crippen LogP contribution in [0.1, 0.15) is 11.1 Å². The molecule has 2 aromatic carbocycles. The summed E-state index contributed by atoms with van der Waals surface area (Å²) in [4.78, 5) is 0. The predicted molar refractivity (Wildman–Crippen MR) is 91.4 cm³/mol. The summed E-state index contributed by atoms with van der Waals surface area (Å²) >= 11 is 12.2. The summed E-state index contributed by atoms with van der Waals surface area (Å²) in [6.45, 7) is 1.45. The molecule has 22 heavy (non-hydrogen) atoms. The second-order valence-electron chi connectivity index (χ2n) is 4.82. The Morgan fingerprint density at radius 2 is 1.77 bits per heavy atom. The Morgan fingerprint density at radius 3 is 2.50 bits per heavy atom. The average molecular weight is 340 g/mol. The molecule has 0 bridgehead atoms. The van der Waals surface area contributed by atoms with Crippen molar-refractivity contribution in [2.75, 3.05) is 20.8 Å². The van der Waals surface area contributed by atoms with E-state index in [0.717, 1.165) is 24.3 Å². The van der Waals surface area contributed by atoms with Crippen LogP contribution in [-0.4, -0.2) is 20.8 Å². The molecule has 0 aliphatic rings. The molecule has 3 nitrogen and oxygen atoms in total. The number of para-hydroxylation sites is 1. The first-order valence-electron chi connectivity index (χ1n) is 7.00. The molecule has 0 saturated carbocycles. The molecule has 0 unspecified atom stereocenters. The number of benzene rings is 2. The molecule has 0 aliphatic heterocycles. The predicted octanol–water partition coefficient (Wildman–Crippen LogP) is 4.34. The van der Waals surface area contributed by atoms with Gasteiger partial charge in [0.1, 0.15) is 11.5 Å². The number of nitrogens with one attached hydrogen (secondary N) is 1. The van der Waals surface area contributed by atoms with E-state index in [4.69, 9.17) is 32.7 Å². The monoisotopic (exact) mass is 339 g/mol. The molecular formula is C17H19Cl2NO2. The first-order valence-corrected chi connectivity index (χ1v) is 7.75. The van der Waals surface area contributed by atoms with E-state index >= 15 is 0 Å². The summed E-state index contributed by atoms with van der Waals surface area (Å²) in [6.07, 6.45) is 0.876. The third-order valence-corrected chi connectivity index (χ3v) is 3.87. The molecule has 0 spiro atoms. The molecular weight excluding hydrogens is 321 g/mol. The van der Waals surface area contributed by atoms with Crippen molar-refractivity contribution in [1.29, 1.82) is 0 Å². The normalized spacial score (nSPS) is 10.5. The highest BCUT2D eigenvalue weighted by Gasteiger charge is 2.09. The highest BCUT2D eigenvalue weighted by molar-refractivity contribution is 6.35. The Hall–Kier alpha value is -1.42. The molecule has 0 aliphatic carbocycles. The van der Waals surface area contributed by atoms with E-state index in [-0.39, 0.29) is 0 Å². The summed E-state index contributed by atoms with van der Waals surface area (Å²) in [5.41, 5.74) is 2.12. The van der Waals surface area contributed by atoms with Crippen LogP contribution in [0.3, 0.4) is 0 Å². The quantitative estimate of drug-likeness (QED) is 0.761. The van der Waals surface area contributed by atoms with Crippen LogP contribution in [0.4, 0.5) is 0 Å². The van der Waals surface area contributed by atoms with Gasteiger partial charge in [-0.15, -0.1) is 0 Å². The van der Waals surface area contributed by atoms with Crippen molar-refractivity contribution in [3.05, 3.63) is 57.6 Å². The van der Waals surface area contributed by atoms with Crippen molar-refractivity contribution >= 4 is 23.2 Å². The lowest BCUT2D eigenvalue weighted by molar-refractivity contribution is 0.406. The zero-order valence-electron chi connectivity index (χ0n) is 12.7. The van der Waals surface area contributed by atoms with Gasteiger partial charge in [0.2, 0.25) is 0 Å². The molecule has 0 saturated heterocycles. The Balaban J connectivity index is 1.94. The number of halogens is 2. The second-order valence-corrected chi connectivity index (χ2v) is 5.66. The number of ether oxygens (including phenoxy) is 2. The van der Waals surface area contributed by atoms with Gasteiger partial charge in [0.05, 0.1) is 19.2 Å². The SMILES string of the molecule is COc1ccccc1CCNCc1cc(Cl)cc(Cl)c1OC. The molecule has 0 aromatic heterocycles. The van der Waals surface area contributed by atoms with E-state index in [1.807, 2.05) is 24.3 Å². The van der Waals surface area contributed by atoms with E-state index in [1.54, 1.807) is 20.3 Å². The van der Waals surface area contributed by atoms with Gasteiger partial charge >= 0.3 is 0 Å². The molecule has 2 aromatic rings. The molecule has 5 heteroatoms. The topological polar surface area (TPSA) is 30.5 Å². The standard InChI is InChI=1S/C17H19Cl2NO2/c1-21-16-6-4-3-5-12(16)7-8-20-11-13-9-14(18)10-15(19)17(13)22-2/h3-6,9-10,20H,7-8,11H2,1-2H3. The number of hydrogen-bond acceptors (Lipinski definition) is 3. The summed E-state index contributed by atoms with van der Waals surface area (Å²) < 4.78 is 10.7. The minimum absolute atomic E-state index is 0.525. The van der Waals surface area contributed by atoms with Crippen molar-refractivity contribution < 1.29 is 9.47 Å². The van der Waals surface area contributed by atoms with E-state index in [2.05, 4.69) is 11.4 Å². The fourth-order valence-electron chi connectivity index (χ4n) is 2.33. The van der Waals surface area contributed by atoms with Gasteiger partial charge in [-0.25, -0.2) is 0 Å². The highest BCUT2D eigenvalue weighted by atomic mass is 35.5. The number of hydrogen-bond donors (Lipinski definition) is 1. The fourth-order valence-corrected chi connectivity index (χ4v) is 2.94. The first kappa shape index (κ1) is 16.9. The molecule has 0 radical (unpaired) electrons. The molecule has 2 rings (SSSR count). The smallest absolute Gasteiger partial charge is 0.142 e. The minimum Gasteiger partial charge on any atom is -0.496 e. The van der Waals surface area contributed by atoms with Gasteiger partial charge in [-0.1, -0.05) is 41.4 Å². The van der Waals surface area contributed by atoms with E-state index in [0.29, 0.717) is 22.3 Å². The van der Waals surface area contributed by atoms with Gasteiger partial charge in [0.15, 0.2) is 0 Å². The molecule has 0 atom stereocenters. The zero-order chi connectivity index (χ0) is 15.9. The average Bonchev–Trinajstić information content (AvgIpc) is 2.51. The van der Waals surface area contributed by atoms with E-state index in [1.165, 1.54) is 5.56 Å². The maximum atomic E-state index is 6.13. The Kier molecular flexibility index (Phi) is 6.37. The van der Waals surface area contributed by atoms with Gasteiger partial charge < -0.3 is 14.8 Å². The van der Waals surface area contributed by atoms with Crippen LogP contribution in [0, 0.1) is 0 Å². The highest BCUT2D eigenvalue weighted by Crippen LogP contribution is 2.32. The third-order valence-electron chi connectivity index (χ3n) is 3.37. The Morgan fingerprint density at radius 1 is 1.00 bits per heavy atom. The second kappa shape index (κ2) is 8.28. The molecule has 0 heterocycles. The van der Waals surface area contributed by atoms with Crippen molar-refractivity contribution in [2.24, 2.45) is 0 Å². The van der Waals surface area contributed by atoms with Crippen molar-refractivity contribution in [3.63, 3.8) is 0 Å². The van der Waals surface area contributed by atoms with Crippen molar-refractivity contribution in [2.45, 2.75) is 13.0 Å². The lowest BCUT2D eigenvalue weighted by Crippen LogP contribution is -2.17. The van der Waals surface area contributed by atoms with E-state index < -0.39 is 0 Å². The number of methoxy groups -OCH3 is 2. The Labute approximate surface area is 141 Å². The Bertz CT molecular complexity index is 632. The van der Waals surface area contributed by atoms with Crippen LogP contribution in [0.2, 0.25) is 10.0 Å². The van der Waals surface area contributed by atoms with Crippen LogP contribution in [-0.2, 0) is 13.0 Å². The minimum atomic E-state index is 0.525. The van der Waals surface area contributed by atoms with Gasteiger partial charge in [0.25, 0.3) is 0 Å². The molecule has 0 fully saturated rings. The third kappa shape index (κ3) is 4.29. The number of rotatable bonds is 7. The van der Waals surface area contributed by atoms with Gasteiger partial charge in [-0.2, -0.15) is 0 Å². The molecule has 1 N–H and O–H groups in total. The van der Waals surface area contributed by atoms with Crippen LogP contribution >= 0.6 is 23.2 Å². The molecule has 118 valence electrons. The summed E-state index contributed by atoms with van der Waals surface area (Å²) in [5.74, 6) is 1.57. The summed E-state index contributed by atoms with van der Waals surface area (Å²) in [7, 11) is 3.29. The lowest BCUT2D eigenvalue weighted by Gasteiger charge is -2.12. The van der Waals surface area contributed by atoms with Gasteiger partial charge in [-0.05, 0) is 36.7 Å². The zero-order valence-corrected chi connectivity index (χ0v) is 14.2. The summed E-state index contributed by atoms with van der Waals surface area (Å²) in [5, 5.41) is 4.51. The van der Waals surface area contributed by atoms with E-state index in [9.17, 15) is 0 Å². The maximum absolute atomic E-state index is 6.13.